The zero-order valence-corrected chi connectivity index (χ0v) is 9.54. The highest BCUT2D eigenvalue weighted by Crippen LogP contribution is 2.17. The van der Waals surface area contributed by atoms with Gasteiger partial charge in [0.1, 0.15) is 12.6 Å². The van der Waals surface area contributed by atoms with Crippen LogP contribution in [0.4, 0.5) is 0 Å². The molecule has 9 nitrogen and oxygen atoms in total. The fourth-order valence-electron chi connectivity index (χ4n) is 1.63. The van der Waals surface area contributed by atoms with Crippen LogP contribution in [0.15, 0.2) is 0 Å². The Morgan fingerprint density at radius 1 is 1.44 bits per heavy atom. The lowest BCUT2D eigenvalue weighted by Gasteiger charge is -2.25. The van der Waals surface area contributed by atoms with Gasteiger partial charge >= 0.3 is 5.97 Å². The van der Waals surface area contributed by atoms with Crippen LogP contribution in [-0.2, 0) is 19.1 Å². The molecule has 1 aliphatic rings. The van der Waals surface area contributed by atoms with E-state index in [1.807, 2.05) is 0 Å². The lowest BCUT2D eigenvalue weighted by molar-refractivity contribution is -0.143. The van der Waals surface area contributed by atoms with E-state index in [1.54, 1.807) is 0 Å². The van der Waals surface area contributed by atoms with Crippen molar-refractivity contribution in [2.24, 2.45) is 5.73 Å². The molecule has 0 aromatic rings. The molecule has 0 aromatic heterocycles. The van der Waals surface area contributed by atoms with Gasteiger partial charge in [0, 0.05) is 0 Å². The number of hydrogen-bond acceptors (Lipinski definition) is 6. The number of rotatable bonds is 5. The van der Waals surface area contributed by atoms with Gasteiger partial charge < -0.3 is 26.0 Å². The molecule has 9 heteroatoms. The number of nitrogens with one attached hydrogen (secondary N) is 1. The number of carboxylic acids is 1. The zero-order valence-electron chi connectivity index (χ0n) is 9.54. The molecule has 0 saturated carbocycles. The topological polar surface area (TPSA) is 142 Å². The van der Waals surface area contributed by atoms with E-state index in [4.69, 9.17) is 20.7 Å². The van der Waals surface area contributed by atoms with Crippen LogP contribution in [0.3, 0.4) is 0 Å². The average Bonchev–Trinajstić information content (AvgIpc) is 2.78. The number of carbonyl (C=O) groups excluding carboxylic acids is 2. The third-order valence-corrected chi connectivity index (χ3v) is 2.43. The number of aliphatic carboxylic acids is 1. The molecule has 0 aliphatic carbocycles. The summed E-state index contributed by atoms with van der Waals surface area (Å²) in [5.74, 6) is -2.41. The van der Waals surface area contributed by atoms with Crippen LogP contribution in [0.5, 0.6) is 0 Å². The summed E-state index contributed by atoms with van der Waals surface area (Å²) in [7, 11) is 0. The van der Waals surface area contributed by atoms with Gasteiger partial charge in [-0.05, 0) is 0 Å². The van der Waals surface area contributed by atoms with Crippen molar-refractivity contribution in [2.75, 3.05) is 26.3 Å². The molecule has 2 amide bonds. The fourth-order valence-corrected chi connectivity index (χ4v) is 1.63. The van der Waals surface area contributed by atoms with Gasteiger partial charge in [-0.3, -0.25) is 19.3 Å². The molecular formula is C9H15N3O6. The van der Waals surface area contributed by atoms with Crippen molar-refractivity contribution in [3.8, 4) is 0 Å². The lowest BCUT2D eigenvalue weighted by Crippen LogP contribution is -2.53. The molecule has 18 heavy (non-hydrogen) atoms. The number of aliphatic hydroxyl groups excluding tert-OH is 1. The van der Waals surface area contributed by atoms with Crippen molar-refractivity contribution < 1.29 is 29.3 Å². The summed E-state index contributed by atoms with van der Waals surface area (Å²) in [4.78, 5) is 34.6. The van der Waals surface area contributed by atoms with Gasteiger partial charge in [-0.1, -0.05) is 0 Å². The maximum atomic E-state index is 11.7. The van der Waals surface area contributed by atoms with Crippen LogP contribution < -0.4 is 11.1 Å². The van der Waals surface area contributed by atoms with Crippen molar-refractivity contribution >= 4 is 17.8 Å². The molecule has 0 aromatic carbocycles. The summed E-state index contributed by atoms with van der Waals surface area (Å²) in [6, 6.07) is -0.974. The minimum atomic E-state index is -1.20. The molecule has 1 unspecified atom stereocenters. The van der Waals surface area contributed by atoms with Crippen molar-refractivity contribution in [1.82, 2.24) is 10.2 Å². The van der Waals surface area contributed by atoms with Crippen molar-refractivity contribution in [3.05, 3.63) is 0 Å². The number of nitrogens with zero attached hydrogens (tertiary/aromatic N) is 1. The van der Waals surface area contributed by atoms with Crippen LogP contribution in [0.25, 0.3) is 0 Å². The molecule has 1 saturated heterocycles. The third kappa shape index (κ3) is 3.15. The normalized spacial score (nSPS) is 22.9. The predicted octanol–water partition coefficient (Wildman–Crippen LogP) is -3.31. The molecule has 1 aliphatic heterocycles. The van der Waals surface area contributed by atoms with Crippen molar-refractivity contribution in [1.29, 1.82) is 0 Å². The smallest absolute Gasteiger partial charge is 0.322 e. The Kier molecular flexibility index (Phi) is 5.01. The van der Waals surface area contributed by atoms with Crippen LogP contribution in [-0.4, -0.2) is 71.5 Å². The first-order valence-electron chi connectivity index (χ1n) is 5.24. The van der Waals surface area contributed by atoms with Crippen LogP contribution in [0.2, 0.25) is 0 Å². The number of ether oxygens (including phenoxy) is 1. The minimum absolute atomic E-state index is 0.109. The first-order valence-corrected chi connectivity index (χ1v) is 5.24. The van der Waals surface area contributed by atoms with Crippen LogP contribution in [0, 0.1) is 0 Å². The van der Waals surface area contributed by atoms with E-state index in [0.717, 1.165) is 4.90 Å². The molecule has 1 fully saturated rings. The van der Waals surface area contributed by atoms with E-state index >= 15 is 0 Å². The second-order valence-electron chi connectivity index (χ2n) is 3.60. The third-order valence-electron chi connectivity index (χ3n) is 2.43. The monoisotopic (exact) mass is 261 g/mol. The predicted molar refractivity (Wildman–Crippen MR) is 57.2 cm³/mol. The SMILES string of the molecule is NCC(=O)N1C(CO)OC[C@H]1C(=O)NCC(=O)O. The van der Waals surface area contributed by atoms with Gasteiger partial charge in [-0.2, -0.15) is 0 Å². The molecule has 2 atom stereocenters. The van der Waals surface area contributed by atoms with E-state index in [0.29, 0.717) is 0 Å². The summed E-state index contributed by atoms with van der Waals surface area (Å²) in [6.07, 6.45) is -0.929. The molecule has 102 valence electrons. The minimum Gasteiger partial charge on any atom is -0.480 e. The van der Waals surface area contributed by atoms with E-state index in [1.165, 1.54) is 0 Å². The summed E-state index contributed by atoms with van der Waals surface area (Å²) in [6.45, 7) is -1.46. The standard InChI is InChI=1S/C9H15N3O6/c10-1-6(14)12-5(4-18-7(12)3-13)9(17)11-2-8(15)16/h5,7,13H,1-4,10H2,(H,11,17)(H,15,16)/t5-,7?/m0/s1. The zero-order chi connectivity index (χ0) is 13.7. The summed E-state index contributed by atoms with van der Waals surface area (Å²) < 4.78 is 5.07. The van der Waals surface area contributed by atoms with Gasteiger partial charge in [0.2, 0.25) is 11.8 Å². The second-order valence-corrected chi connectivity index (χ2v) is 3.60. The fraction of sp³-hybridized carbons (Fsp3) is 0.667. The molecule has 0 radical (unpaired) electrons. The number of amides is 2. The molecule has 5 N–H and O–H groups in total. The Labute approximate surface area is 102 Å². The Bertz CT molecular complexity index is 347. The van der Waals surface area contributed by atoms with E-state index in [-0.39, 0.29) is 13.2 Å². The van der Waals surface area contributed by atoms with E-state index < -0.39 is 43.2 Å². The maximum Gasteiger partial charge on any atom is 0.322 e. The Morgan fingerprint density at radius 3 is 2.61 bits per heavy atom. The molecule has 1 heterocycles. The van der Waals surface area contributed by atoms with Gasteiger partial charge in [0.05, 0.1) is 19.8 Å². The number of nitrogens with two attached hydrogens (primary N) is 1. The van der Waals surface area contributed by atoms with Crippen LogP contribution in [0.1, 0.15) is 0 Å². The van der Waals surface area contributed by atoms with E-state index in [2.05, 4.69) is 5.32 Å². The summed E-state index contributed by atoms with van der Waals surface area (Å²) in [5.41, 5.74) is 5.20. The number of carbonyl (C=O) groups is 3. The number of aliphatic hydroxyl groups is 1. The number of carboxylic acid groups (broad SMARTS) is 1. The summed E-state index contributed by atoms with van der Waals surface area (Å²) in [5, 5.41) is 19.6. The highest BCUT2D eigenvalue weighted by atomic mass is 16.5. The van der Waals surface area contributed by atoms with Gasteiger partial charge in [-0.15, -0.1) is 0 Å². The average molecular weight is 261 g/mol. The number of hydrogen-bond donors (Lipinski definition) is 4. The molecule has 0 bridgehead atoms. The summed E-state index contributed by atoms with van der Waals surface area (Å²) >= 11 is 0. The van der Waals surface area contributed by atoms with Crippen molar-refractivity contribution in [3.63, 3.8) is 0 Å². The first-order chi connectivity index (χ1) is 8.51. The van der Waals surface area contributed by atoms with Gasteiger partial charge in [0.25, 0.3) is 0 Å². The quantitative estimate of drug-likeness (QED) is 0.406. The lowest BCUT2D eigenvalue weighted by atomic mass is 10.2. The largest absolute Gasteiger partial charge is 0.480 e. The molecule has 1 rings (SSSR count). The second kappa shape index (κ2) is 6.28. The Balaban J connectivity index is 2.71. The van der Waals surface area contributed by atoms with Gasteiger partial charge in [-0.25, -0.2) is 0 Å². The highest BCUT2D eigenvalue weighted by Gasteiger charge is 2.41. The molecular weight excluding hydrogens is 246 g/mol. The van der Waals surface area contributed by atoms with E-state index in [9.17, 15) is 14.4 Å². The van der Waals surface area contributed by atoms with Crippen molar-refractivity contribution in [2.45, 2.75) is 12.3 Å². The van der Waals surface area contributed by atoms with Crippen LogP contribution >= 0.6 is 0 Å². The highest BCUT2D eigenvalue weighted by molar-refractivity contribution is 5.90. The molecule has 0 spiro atoms. The van der Waals surface area contributed by atoms with Gasteiger partial charge in [0.15, 0.2) is 6.23 Å². The Hall–Kier alpha value is -1.71. The maximum absolute atomic E-state index is 11.7. The Morgan fingerprint density at radius 2 is 2.11 bits per heavy atom. The first kappa shape index (κ1) is 14.4.